The van der Waals surface area contributed by atoms with Gasteiger partial charge in [0.05, 0.1) is 5.41 Å². The van der Waals surface area contributed by atoms with E-state index in [1.54, 1.807) is 0 Å². The molecule has 1 spiro atoms. The third-order valence-electron chi connectivity index (χ3n) is 13.9. The molecule has 1 heterocycles. The van der Waals surface area contributed by atoms with Gasteiger partial charge in [-0.2, -0.15) is 0 Å². The quantitative estimate of drug-likeness (QED) is 0.172. The van der Waals surface area contributed by atoms with Crippen LogP contribution in [-0.2, 0) is 10.8 Å². The van der Waals surface area contributed by atoms with Gasteiger partial charge in [0.1, 0.15) is 0 Å². The number of para-hydroxylation sites is 1. The highest BCUT2D eigenvalue weighted by Gasteiger charge is 2.53. The first kappa shape index (κ1) is 33.9. The summed E-state index contributed by atoms with van der Waals surface area (Å²) in [5.74, 6) is 0. The van der Waals surface area contributed by atoms with Gasteiger partial charge in [0, 0.05) is 32.1 Å². The number of benzene rings is 9. The number of anilines is 3. The second-order valence-electron chi connectivity index (χ2n) is 17.2. The summed E-state index contributed by atoms with van der Waals surface area (Å²) in [4.78, 5) is 3.84. The van der Waals surface area contributed by atoms with E-state index in [0.29, 0.717) is 0 Å². The van der Waals surface area contributed by atoms with Crippen LogP contribution < -0.4 is 4.90 Å². The van der Waals surface area contributed by atoms with Crippen LogP contribution >= 0.6 is 11.3 Å². The van der Waals surface area contributed by atoms with Crippen LogP contribution in [-0.4, -0.2) is 0 Å². The molecule has 3 aliphatic carbocycles. The van der Waals surface area contributed by atoms with Gasteiger partial charge in [-0.05, 0) is 137 Å². The standard InChI is InChI=1S/C58H39NS/c1-57(2)52-33-37(42-23-14-16-36-15-6-7-19-41(36)42)27-30-45(52)46-31-28-40(35-53(46)57)59(38-17-4-3-5-18-38)39-29-32-51-48(34-39)56-55(47-22-10-13-26-54(47)60-56)58(51)49-24-11-8-20-43(49)44-21-9-12-25-50(44)58/h3-35H,1-2H3. The molecule has 0 bridgehead atoms. The summed E-state index contributed by atoms with van der Waals surface area (Å²) in [5.41, 5.74) is 20.4. The molecular formula is C58H39NS. The molecule has 1 aromatic heterocycles. The third-order valence-corrected chi connectivity index (χ3v) is 15.1. The maximum Gasteiger partial charge on any atom is 0.0740 e. The minimum atomic E-state index is -0.387. The maximum atomic E-state index is 2.48. The van der Waals surface area contributed by atoms with Gasteiger partial charge < -0.3 is 4.90 Å². The lowest BCUT2D eigenvalue weighted by molar-refractivity contribution is 0.660. The van der Waals surface area contributed by atoms with E-state index in [-0.39, 0.29) is 10.8 Å². The Balaban J connectivity index is 0.991. The molecule has 3 aliphatic rings. The molecule has 0 aliphatic heterocycles. The summed E-state index contributed by atoms with van der Waals surface area (Å²) >= 11 is 1.94. The van der Waals surface area contributed by atoms with Gasteiger partial charge in [0.2, 0.25) is 0 Å². The van der Waals surface area contributed by atoms with Crippen molar-refractivity contribution in [2.45, 2.75) is 24.7 Å². The fourth-order valence-corrected chi connectivity index (χ4v) is 12.5. The Bertz CT molecular complexity index is 3370. The van der Waals surface area contributed by atoms with Crippen molar-refractivity contribution in [1.29, 1.82) is 0 Å². The number of hydrogen-bond donors (Lipinski definition) is 0. The minimum absolute atomic E-state index is 0.191. The van der Waals surface area contributed by atoms with E-state index in [1.165, 1.54) is 98.1 Å². The van der Waals surface area contributed by atoms with Crippen LogP contribution in [0.15, 0.2) is 200 Å². The molecule has 0 saturated heterocycles. The molecule has 1 nitrogen and oxygen atoms in total. The van der Waals surface area contributed by atoms with Crippen LogP contribution in [0.5, 0.6) is 0 Å². The third kappa shape index (κ3) is 4.41. The van der Waals surface area contributed by atoms with Crippen molar-refractivity contribution >= 4 is 49.3 Å². The topological polar surface area (TPSA) is 3.24 Å². The Labute approximate surface area is 354 Å². The van der Waals surface area contributed by atoms with Gasteiger partial charge >= 0.3 is 0 Å². The lowest BCUT2D eigenvalue weighted by Gasteiger charge is -2.31. The molecule has 0 fully saturated rings. The van der Waals surface area contributed by atoms with Crippen molar-refractivity contribution in [3.05, 3.63) is 234 Å². The molecule has 13 rings (SSSR count). The number of nitrogens with zero attached hydrogens (tertiary/aromatic N) is 1. The Kier molecular flexibility index (Phi) is 6.94. The highest BCUT2D eigenvalue weighted by Crippen LogP contribution is 2.66. The number of hydrogen-bond acceptors (Lipinski definition) is 2. The van der Waals surface area contributed by atoms with E-state index in [2.05, 4.69) is 219 Å². The highest BCUT2D eigenvalue weighted by atomic mass is 32.1. The first-order valence-corrected chi connectivity index (χ1v) is 21.8. The number of rotatable bonds is 4. The first-order chi connectivity index (χ1) is 29.5. The normalized spacial score (nSPS) is 14.4. The van der Waals surface area contributed by atoms with Crippen LogP contribution in [0.1, 0.15) is 47.2 Å². The minimum Gasteiger partial charge on any atom is -0.310 e. The predicted octanol–water partition coefficient (Wildman–Crippen LogP) is 15.8. The van der Waals surface area contributed by atoms with Crippen molar-refractivity contribution in [3.63, 3.8) is 0 Å². The number of fused-ring (bicyclic) bond motifs is 16. The van der Waals surface area contributed by atoms with Gasteiger partial charge in [0.25, 0.3) is 0 Å². The number of thiophene rings is 1. The molecular weight excluding hydrogens is 743 g/mol. The van der Waals surface area contributed by atoms with Gasteiger partial charge in [-0.3, -0.25) is 0 Å². The molecule has 282 valence electrons. The second kappa shape index (κ2) is 12.3. The zero-order valence-electron chi connectivity index (χ0n) is 33.4. The molecule has 60 heavy (non-hydrogen) atoms. The predicted molar refractivity (Wildman–Crippen MR) is 253 cm³/mol. The zero-order valence-corrected chi connectivity index (χ0v) is 34.2. The average molecular weight is 782 g/mol. The molecule has 10 aromatic rings. The van der Waals surface area contributed by atoms with Gasteiger partial charge in [-0.1, -0.05) is 166 Å². The average Bonchev–Trinajstić information content (AvgIpc) is 3.98. The van der Waals surface area contributed by atoms with E-state index in [4.69, 9.17) is 0 Å². The Hall–Kier alpha value is -7.00. The van der Waals surface area contributed by atoms with E-state index in [9.17, 15) is 0 Å². The fourth-order valence-electron chi connectivity index (χ4n) is 11.3. The van der Waals surface area contributed by atoms with Gasteiger partial charge in [-0.25, -0.2) is 0 Å². The molecule has 9 aromatic carbocycles. The van der Waals surface area contributed by atoms with Crippen molar-refractivity contribution in [2.24, 2.45) is 0 Å². The SMILES string of the molecule is CC1(C)c2cc(-c3cccc4ccccc34)ccc2-c2ccc(N(c3ccccc3)c3ccc4c(c3)-c3sc5ccccc5c3C43c4ccccc4-c4ccccc43)cc21. The van der Waals surface area contributed by atoms with Crippen molar-refractivity contribution in [1.82, 2.24) is 0 Å². The van der Waals surface area contributed by atoms with Crippen molar-refractivity contribution < 1.29 is 0 Å². The van der Waals surface area contributed by atoms with Crippen LogP contribution in [0.25, 0.3) is 64.7 Å². The fraction of sp³-hybridized carbons (Fsp3) is 0.0690. The molecule has 0 atom stereocenters. The molecule has 0 saturated carbocycles. The second-order valence-corrected chi connectivity index (χ2v) is 18.2. The molecule has 2 heteroatoms. The zero-order chi connectivity index (χ0) is 39.7. The van der Waals surface area contributed by atoms with Crippen LogP contribution in [0.3, 0.4) is 0 Å². The summed E-state index contributed by atoms with van der Waals surface area (Å²) in [6.07, 6.45) is 0. The Morgan fingerprint density at radius 1 is 0.383 bits per heavy atom. The maximum absolute atomic E-state index is 2.48. The van der Waals surface area contributed by atoms with Crippen LogP contribution in [0, 0.1) is 0 Å². The van der Waals surface area contributed by atoms with Crippen molar-refractivity contribution in [3.8, 4) is 43.8 Å². The first-order valence-electron chi connectivity index (χ1n) is 21.0. The van der Waals surface area contributed by atoms with E-state index < -0.39 is 0 Å². The molecule has 0 N–H and O–H groups in total. The van der Waals surface area contributed by atoms with E-state index in [0.717, 1.165) is 17.1 Å². The lowest BCUT2D eigenvalue weighted by Crippen LogP contribution is -2.25. The van der Waals surface area contributed by atoms with E-state index >= 15 is 0 Å². The monoisotopic (exact) mass is 781 g/mol. The van der Waals surface area contributed by atoms with Crippen LogP contribution in [0.2, 0.25) is 0 Å². The lowest BCUT2D eigenvalue weighted by atomic mass is 9.70. The van der Waals surface area contributed by atoms with Gasteiger partial charge in [0.15, 0.2) is 0 Å². The summed E-state index contributed by atoms with van der Waals surface area (Å²) in [6, 6.07) is 75.1. The summed E-state index contributed by atoms with van der Waals surface area (Å²) in [5, 5.41) is 3.91. The van der Waals surface area contributed by atoms with Crippen molar-refractivity contribution in [2.75, 3.05) is 4.90 Å². The summed E-state index contributed by atoms with van der Waals surface area (Å²) in [6.45, 7) is 4.80. The molecule has 0 unspecified atom stereocenters. The smallest absolute Gasteiger partial charge is 0.0740 e. The molecule has 0 amide bonds. The highest BCUT2D eigenvalue weighted by molar-refractivity contribution is 7.22. The largest absolute Gasteiger partial charge is 0.310 e. The van der Waals surface area contributed by atoms with Gasteiger partial charge in [-0.15, -0.1) is 11.3 Å². The Morgan fingerprint density at radius 3 is 1.75 bits per heavy atom. The van der Waals surface area contributed by atoms with Crippen LogP contribution in [0.4, 0.5) is 17.1 Å². The summed E-state index contributed by atoms with van der Waals surface area (Å²) < 4.78 is 1.34. The molecule has 0 radical (unpaired) electrons. The Morgan fingerprint density at radius 2 is 0.950 bits per heavy atom. The summed E-state index contributed by atoms with van der Waals surface area (Å²) in [7, 11) is 0. The van der Waals surface area contributed by atoms with E-state index in [1.807, 2.05) is 11.3 Å².